The Balaban J connectivity index is 1.36. The fraction of sp³-hybridized carbons (Fsp3) is 0.333. The molecule has 1 atom stereocenters. The van der Waals surface area contributed by atoms with E-state index in [4.69, 9.17) is 14.2 Å². The Morgan fingerprint density at radius 2 is 1.83 bits per heavy atom. The van der Waals surface area contributed by atoms with Gasteiger partial charge in [-0.05, 0) is 42.3 Å². The van der Waals surface area contributed by atoms with Crippen LogP contribution >= 0.6 is 11.3 Å². The number of fused-ring (bicyclic) bond motifs is 1. The first-order valence-electron chi connectivity index (χ1n) is 10.1. The van der Waals surface area contributed by atoms with Crippen LogP contribution in [0.4, 0.5) is 0 Å². The van der Waals surface area contributed by atoms with Crippen LogP contribution < -0.4 is 9.47 Å². The zero-order valence-electron chi connectivity index (χ0n) is 17.1. The van der Waals surface area contributed by atoms with E-state index >= 15 is 0 Å². The van der Waals surface area contributed by atoms with Gasteiger partial charge < -0.3 is 19.3 Å². The second kappa shape index (κ2) is 10.1. The maximum Gasteiger partial charge on any atom is 0.231 e. The molecule has 3 aromatic rings. The van der Waals surface area contributed by atoms with E-state index in [0.29, 0.717) is 26.3 Å². The lowest BCUT2D eigenvalue weighted by molar-refractivity contribution is 0.00728. The smallest absolute Gasteiger partial charge is 0.231 e. The summed E-state index contributed by atoms with van der Waals surface area (Å²) in [7, 11) is 0. The topological polar surface area (TPSA) is 51.2 Å². The molecular weight excluding hydrogens is 398 g/mol. The number of nitrogens with zero attached hydrogens (tertiary/aromatic N) is 1. The van der Waals surface area contributed by atoms with Crippen molar-refractivity contribution < 1.29 is 19.3 Å². The molecule has 0 aliphatic carbocycles. The molecule has 2 aromatic carbocycles. The molecule has 0 saturated heterocycles. The molecule has 2 heterocycles. The second-order valence-corrected chi connectivity index (χ2v) is 8.90. The van der Waals surface area contributed by atoms with Crippen LogP contribution in [0, 0.1) is 6.92 Å². The van der Waals surface area contributed by atoms with Gasteiger partial charge in [-0.1, -0.05) is 36.4 Å². The summed E-state index contributed by atoms with van der Waals surface area (Å²) in [6.07, 6.45) is -0.566. The second-order valence-electron chi connectivity index (χ2n) is 7.52. The van der Waals surface area contributed by atoms with Crippen molar-refractivity contribution in [2.45, 2.75) is 32.7 Å². The monoisotopic (exact) mass is 425 g/mol. The number of aliphatic hydroxyl groups is 1. The molecule has 0 bridgehead atoms. The van der Waals surface area contributed by atoms with E-state index in [1.807, 2.05) is 42.5 Å². The normalized spacial score (nSPS) is 13.7. The molecule has 158 valence electrons. The van der Waals surface area contributed by atoms with Gasteiger partial charge in [-0.25, -0.2) is 0 Å². The summed E-state index contributed by atoms with van der Waals surface area (Å²) in [5.74, 6) is 1.57. The Kier molecular flexibility index (Phi) is 7.02. The largest absolute Gasteiger partial charge is 0.454 e. The first-order chi connectivity index (χ1) is 14.7. The number of benzene rings is 2. The quantitative estimate of drug-likeness (QED) is 0.523. The van der Waals surface area contributed by atoms with Crippen LogP contribution in [-0.2, 0) is 24.4 Å². The average Bonchev–Trinajstić information content (AvgIpc) is 3.37. The summed E-state index contributed by atoms with van der Waals surface area (Å²) in [5.41, 5.74) is 2.24. The van der Waals surface area contributed by atoms with Crippen LogP contribution in [0.2, 0.25) is 0 Å². The molecule has 30 heavy (non-hydrogen) atoms. The van der Waals surface area contributed by atoms with E-state index in [2.05, 4.69) is 30.0 Å². The number of hydrogen-bond acceptors (Lipinski definition) is 6. The molecule has 1 aromatic heterocycles. The van der Waals surface area contributed by atoms with Gasteiger partial charge in [0.1, 0.15) is 0 Å². The van der Waals surface area contributed by atoms with Crippen LogP contribution in [0.15, 0.2) is 60.7 Å². The third-order valence-corrected chi connectivity index (χ3v) is 5.89. The number of aliphatic hydroxyl groups excluding tert-OH is 1. The lowest BCUT2D eigenvalue weighted by atomic mass is 10.1. The predicted molar refractivity (Wildman–Crippen MR) is 118 cm³/mol. The number of ether oxygens (including phenoxy) is 3. The maximum atomic E-state index is 10.6. The van der Waals surface area contributed by atoms with Crippen LogP contribution in [0.5, 0.6) is 11.5 Å². The van der Waals surface area contributed by atoms with E-state index in [-0.39, 0.29) is 6.79 Å². The molecule has 1 N–H and O–H groups in total. The minimum Gasteiger partial charge on any atom is -0.454 e. The van der Waals surface area contributed by atoms with Gasteiger partial charge in [-0.15, -0.1) is 11.3 Å². The minimum absolute atomic E-state index is 0.272. The first kappa shape index (κ1) is 20.9. The summed E-state index contributed by atoms with van der Waals surface area (Å²) in [4.78, 5) is 4.82. The molecule has 0 saturated carbocycles. The van der Waals surface area contributed by atoms with Gasteiger partial charge in [0.05, 0.1) is 19.3 Å². The summed E-state index contributed by atoms with van der Waals surface area (Å²) in [6, 6.07) is 20.3. The molecular formula is C24H27NO4S. The summed E-state index contributed by atoms with van der Waals surface area (Å²) >= 11 is 1.79. The van der Waals surface area contributed by atoms with Gasteiger partial charge in [0.2, 0.25) is 6.79 Å². The minimum atomic E-state index is -0.566. The highest BCUT2D eigenvalue weighted by Gasteiger charge is 2.17. The third kappa shape index (κ3) is 5.83. The Labute approximate surface area is 181 Å². The van der Waals surface area contributed by atoms with Crippen molar-refractivity contribution in [1.29, 1.82) is 0 Å². The summed E-state index contributed by atoms with van der Waals surface area (Å²) in [6.45, 7) is 5.21. The molecule has 0 fully saturated rings. The van der Waals surface area contributed by atoms with Crippen molar-refractivity contribution in [2.75, 3.05) is 19.9 Å². The fourth-order valence-electron chi connectivity index (χ4n) is 3.51. The number of hydrogen-bond donors (Lipinski definition) is 1. The van der Waals surface area contributed by atoms with Crippen molar-refractivity contribution in [3.8, 4) is 11.5 Å². The lowest BCUT2D eigenvalue weighted by Crippen LogP contribution is -2.34. The molecule has 0 spiro atoms. The molecule has 0 unspecified atom stereocenters. The Hall–Kier alpha value is -2.38. The SMILES string of the molecule is Cc1ccc(CN(Cc2ccc3c(c2)OCO3)C[C@H](O)COCc2ccccc2)s1. The first-order valence-corrected chi connectivity index (χ1v) is 10.9. The molecule has 6 heteroatoms. The predicted octanol–water partition coefficient (Wildman–Crippen LogP) is 4.37. The third-order valence-electron chi connectivity index (χ3n) is 4.91. The summed E-state index contributed by atoms with van der Waals surface area (Å²) < 4.78 is 16.7. The Bertz CT molecular complexity index is 943. The van der Waals surface area contributed by atoms with Crippen molar-refractivity contribution >= 4 is 11.3 Å². The molecule has 0 radical (unpaired) electrons. The van der Waals surface area contributed by atoms with Crippen molar-refractivity contribution in [3.63, 3.8) is 0 Å². The van der Waals surface area contributed by atoms with Crippen LogP contribution in [0.3, 0.4) is 0 Å². The average molecular weight is 426 g/mol. The molecule has 1 aliphatic rings. The highest BCUT2D eigenvalue weighted by molar-refractivity contribution is 7.11. The molecule has 4 rings (SSSR count). The fourth-order valence-corrected chi connectivity index (χ4v) is 4.44. The van der Waals surface area contributed by atoms with Crippen LogP contribution in [0.25, 0.3) is 0 Å². The zero-order chi connectivity index (χ0) is 20.8. The van der Waals surface area contributed by atoms with E-state index in [0.717, 1.165) is 29.2 Å². The highest BCUT2D eigenvalue weighted by atomic mass is 32.1. The molecule has 5 nitrogen and oxygen atoms in total. The van der Waals surface area contributed by atoms with Crippen molar-refractivity contribution in [1.82, 2.24) is 4.90 Å². The van der Waals surface area contributed by atoms with E-state index in [1.165, 1.54) is 9.75 Å². The highest BCUT2D eigenvalue weighted by Crippen LogP contribution is 2.33. The number of thiophene rings is 1. The summed E-state index contributed by atoms with van der Waals surface area (Å²) in [5, 5.41) is 10.6. The standard InChI is InChI=1S/C24H27NO4S/c1-18-7-9-22(30-18)14-25(12-20-8-10-23-24(11-20)29-17-28-23)13-21(26)16-27-15-19-5-3-2-4-6-19/h2-11,21,26H,12-17H2,1H3/t21-/m0/s1. The van der Waals surface area contributed by atoms with E-state index in [1.54, 1.807) is 11.3 Å². The van der Waals surface area contributed by atoms with Gasteiger partial charge in [0.15, 0.2) is 11.5 Å². The lowest BCUT2D eigenvalue weighted by Gasteiger charge is -2.25. The van der Waals surface area contributed by atoms with E-state index in [9.17, 15) is 5.11 Å². The molecule has 1 aliphatic heterocycles. The van der Waals surface area contributed by atoms with Crippen LogP contribution in [0.1, 0.15) is 20.9 Å². The molecule has 0 amide bonds. The Morgan fingerprint density at radius 3 is 2.63 bits per heavy atom. The van der Waals surface area contributed by atoms with Gasteiger partial charge in [-0.2, -0.15) is 0 Å². The maximum absolute atomic E-state index is 10.6. The number of aryl methyl sites for hydroxylation is 1. The van der Waals surface area contributed by atoms with Gasteiger partial charge >= 0.3 is 0 Å². The van der Waals surface area contributed by atoms with Crippen molar-refractivity contribution in [2.24, 2.45) is 0 Å². The van der Waals surface area contributed by atoms with Crippen LogP contribution in [-0.4, -0.2) is 36.1 Å². The van der Waals surface area contributed by atoms with E-state index < -0.39 is 6.10 Å². The van der Waals surface area contributed by atoms with Crippen molar-refractivity contribution in [3.05, 3.63) is 81.5 Å². The number of rotatable bonds is 10. The van der Waals surface area contributed by atoms with Gasteiger partial charge in [-0.3, -0.25) is 4.90 Å². The van der Waals surface area contributed by atoms with Gasteiger partial charge in [0, 0.05) is 29.4 Å². The Morgan fingerprint density at radius 1 is 1.00 bits per heavy atom. The van der Waals surface area contributed by atoms with Gasteiger partial charge in [0.25, 0.3) is 0 Å². The zero-order valence-corrected chi connectivity index (χ0v) is 17.9.